The second-order valence-electron chi connectivity index (χ2n) is 2.83. The molecule has 0 bridgehead atoms. The van der Waals surface area contributed by atoms with E-state index in [2.05, 4.69) is 6.58 Å². The zero-order valence-corrected chi connectivity index (χ0v) is 7.83. The lowest BCUT2D eigenvalue weighted by Gasteiger charge is -2.13. The van der Waals surface area contributed by atoms with Crippen LogP contribution < -0.4 is 0 Å². The average Bonchev–Trinajstić information content (AvgIpc) is 2.02. The summed E-state index contributed by atoms with van der Waals surface area (Å²) < 4.78 is 4.92. The van der Waals surface area contributed by atoms with E-state index in [-0.39, 0.29) is 11.7 Å². The van der Waals surface area contributed by atoms with E-state index in [0.717, 1.165) is 6.42 Å². The van der Waals surface area contributed by atoms with E-state index in [4.69, 9.17) is 9.84 Å². The zero-order valence-electron chi connectivity index (χ0n) is 7.83. The summed E-state index contributed by atoms with van der Waals surface area (Å²) in [5, 5.41) is 8.98. The molecule has 0 aromatic heterocycles. The summed E-state index contributed by atoms with van der Waals surface area (Å²) in [6, 6.07) is 0. The molecular formula is C9H16O3. The molecule has 0 aliphatic heterocycles. The van der Waals surface area contributed by atoms with Crippen molar-refractivity contribution in [1.82, 2.24) is 0 Å². The second kappa shape index (κ2) is 4.93. The molecule has 3 nitrogen and oxygen atoms in total. The predicted molar refractivity (Wildman–Crippen MR) is 46.7 cm³/mol. The molecule has 0 heterocycles. The van der Waals surface area contributed by atoms with Crippen LogP contribution in [-0.2, 0) is 9.53 Å². The number of esters is 1. The van der Waals surface area contributed by atoms with Gasteiger partial charge >= 0.3 is 5.97 Å². The highest BCUT2D eigenvalue weighted by molar-refractivity contribution is 5.88. The van der Waals surface area contributed by atoms with Gasteiger partial charge in [0.2, 0.25) is 0 Å². The summed E-state index contributed by atoms with van der Waals surface area (Å²) in [6.45, 7) is 8.62. The molecule has 0 fully saturated rings. The Labute approximate surface area is 73.0 Å². The molecule has 1 N–H and O–H groups in total. The molecule has 2 unspecified atom stereocenters. The van der Waals surface area contributed by atoms with Crippen molar-refractivity contribution in [3.05, 3.63) is 12.2 Å². The molecule has 0 spiro atoms. The first kappa shape index (κ1) is 11.2. The van der Waals surface area contributed by atoms with Crippen molar-refractivity contribution in [1.29, 1.82) is 0 Å². The minimum Gasteiger partial charge on any atom is -0.459 e. The Morgan fingerprint density at radius 3 is 2.42 bits per heavy atom. The van der Waals surface area contributed by atoms with Crippen LogP contribution in [0.5, 0.6) is 0 Å². The van der Waals surface area contributed by atoms with Gasteiger partial charge in [0.1, 0.15) is 0 Å². The van der Waals surface area contributed by atoms with Crippen molar-refractivity contribution in [2.45, 2.75) is 39.4 Å². The van der Waals surface area contributed by atoms with Crippen LogP contribution >= 0.6 is 0 Å². The van der Waals surface area contributed by atoms with Crippen LogP contribution in [0.3, 0.4) is 0 Å². The smallest absolute Gasteiger partial charge is 0.336 e. The molecule has 0 amide bonds. The summed E-state index contributed by atoms with van der Waals surface area (Å²) in [4.78, 5) is 11.1. The predicted octanol–water partition coefficient (Wildman–Crippen LogP) is 1.27. The van der Waals surface area contributed by atoms with E-state index in [0.29, 0.717) is 0 Å². The SMILES string of the molecule is C=C(C(=O)OC(C)CC)C(C)O. The van der Waals surface area contributed by atoms with Gasteiger partial charge in [-0.05, 0) is 20.3 Å². The number of hydrogen-bond acceptors (Lipinski definition) is 3. The fourth-order valence-electron chi connectivity index (χ4n) is 0.512. The van der Waals surface area contributed by atoms with Gasteiger partial charge in [-0.2, -0.15) is 0 Å². The maximum absolute atomic E-state index is 11.1. The molecule has 2 atom stereocenters. The van der Waals surface area contributed by atoms with Gasteiger partial charge in [-0.3, -0.25) is 0 Å². The van der Waals surface area contributed by atoms with Crippen molar-refractivity contribution < 1.29 is 14.6 Å². The van der Waals surface area contributed by atoms with E-state index < -0.39 is 12.1 Å². The third kappa shape index (κ3) is 3.53. The number of rotatable bonds is 4. The molecule has 0 saturated carbocycles. The first-order valence-corrected chi connectivity index (χ1v) is 4.06. The normalized spacial score (nSPS) is 15.0. The molecule has 0 rings (SSSR count). The Morgan fingerprint density at radius 2 is 2.08 bits per heavy atom. The van der Waals surface area contributed by atoms with Gasteiger partial charge in [-0.1, -0.05) is 13.5 Å². The van der Waals surface area contributed by atoms with Gasteiger partial charge in [0.15, 0.2) is 0 Å². The Morgan fingerprint density at radius 1 is 1.58 bits per heavy atom. The third-order valence-corrected chi connectivity index (χ3v) is 1.65. The lowest BCUT2D eigenvalue weighted by Crippen LogP contribution is -2.20. The van der Waals surface area contributed by atoms with Crippen LogP contribution in [0.1, 0.15) is 27.2 Å². The zero-order chi connectivity index (χ0) is 9.72. The van der Waals surface area contributed by atoms with E-state index >= 15 is 0 Å². The second-order valence-corrected chi connectivity index (χ2v) is 2.83. The molecule has 0 aromatic rings. The van der Waals surface area contributed by atoms with Crippen molar-refractivity contribution in [2.24, 2.45) is 0 Å². The molecule has 0 radical (unpaired) electrons. The molecule has 3 heteroatoms. The number of carbonyl (C=O) groups is 1. The van der Waals surface area contributed by atoms with Gasteiger partial charge in [0.25, 0.3) is 0 Å². The lowest BCUT2D eigenvalue weighted by atomic mass is 10.2. The number of carbonyl (C=O) groups excluding carboxylic acids is 1. The Kier molecular flexibility index (Phi) is 4.59. The molecule has 0 saturated heterocycles. The summed E-state index contributed by atoms with van der Waals surface area (Å²) in [6.07, 6.45) is -0.187. The lowest BCUT2D eigenvalue weighted by molar-refractivity contribution is -0.144. The van der Waals surface area contributed by atoms with Crippen molar-refractivity contribution in [3.63, 3.8) is 0 Å². The summed E-state index contributed by atoms with van der Waals surface area (Å²) in [5.41, 5.74) is 0.107. The fraction of sp³-hybridized carbons (Fsp3) is 0.667. The summed E-state index contributed by atoms with van der Waals surface area (Å²) >= 11 is 0. The molecule has 12 heavy (non-hydrogen) atoms. The maximum atomic E-state index is 11.1. The highest BCUT2D eigenvalue weighted by Crippen LogP contribution is 2.05. The number of aliphatic hydroxyl groups is 1. The van der Waals surface area contributed by atoms with Gasteiger partial charge in [-0.15, -0.1) is 0 Å². The van der Waals surface area contributed by atoms with E-state index in [1.54, 1.807) is 6.92 Å². The Bertz CT molecular complexity index is 173. The van der Waals surface area contributed by atoms with Crippen LogP contribution in [0.25, 0.3) is 0 Å². The minimum absolute atomic E-state index is 0.107. The Balaban J connectivity index is 3.96. The highest BCUT2D eigenvalue weighted by atomic mass is 16.5. The van der Waals surface area contributed by atoms with Crippen LogP contribution in [0.4, 0.5) is 0 Å². The van der Waals surface area contributed by atoms with Gasteiger partial charge in [0, 0.05) is 0 Å². The van der Waals surface area contributed by atoms with E-state index in [1.807, 2.05) is 6.92 Å². The highest BCUT2D eigenvalue weighted by Gasteiger charge is 2.15. The minimum atomic E-state index is -0.832. The third-order valence-electron chi connectivity index (χ3n) is 1.65. The molecule has 0 aliphatic carbocycles. The summed E-state index contributed by atoms with van der Waals surface area (Å²) in [7, 11) is 0. The topological polar surface area (TPSA) is 46.5 Å². The molecule has 70 valence electrons. The number of aliphatic hydroxyl groups excluding tert-OH is 1. The fourth-order valence-corrected chi connectivity index (χ4v) is 0.512. The monoisotopic (exact) mass is 172 g/mol. The van der Waals surface area contributed by atoms with Crippen LogP contribution in [0.2, 0.25) is 0 Å². The van der Waals surface area contributed by atoms with Crippen LogP contribution in [0.15, 0.2) is 12.2 Å². The van der Waals surface area contributed by atoms with E-state index in [9.17, 15) is 4.79 Å². The standard InChI is InChI=1S/C9H16O3/c1-5-6(2)12-9(11)7(3)8(4)10/h6,8,10H,3,5H2,1-2,4H3. The van der Waals surface area contributed by atoms with Gasteiger partial charge in [0.05, 0.1) is 17.8 Å². The quantitative estimate of drug-likeness (QED) is 0.513. The number of ether oxygens (including phenoxy) is 1. The summed E-state index contributed by atoms with van der Waals surface area (Å²) in [5.74, 6) is -0.514. The average molecular weight is 172 g/mol. The van der Waals surface area contributed by atoms with Crippen molar-refractivity contribution in [2.75, 3.05) is 0 Å². The largest absolute Gasteiger partial charge is 0.459 e. The van der Waals surface area contributed by atoms with Gasteiger partial charge in [-0.25, -0.2) is 4.79 Å². The number of hydrogen-bond donors (Lipinski definition) is 1. The van der Waals surface area contributed by atoms with Crippen molar-refractivity contribution >= 4 is 5.97 Å². The first-order valence-electron chi connectivity index (χ1n) is 4.06. The molecule has 0 aromatic carbocycles. The van der Waals surface area contributed by atoms with Crippen molar-refractivity contribution in [3.8, 4) is 0 Å². The van der Waals surface area contributed by atoms with Gasteiger partial charge < -0.3 is 9.84 Å². The van der Waals surface area contributed by atoms with Crippen LogP contribution in [-0.4, -0.2) is 23.3 Å². The molecular weight excluding hydrogens is 156 g/mol. The Hall–Kier alpha value is -0.830. The maximum Gasteiger partial charge on any atom is 0.336 e. The first-order chi connectivity index (χ1) is 5.49. The molecule has 0 aliphatic rings. The van der Waals surface area contributed by atoms with E-state index in [1.165, 1.54) is 6.92 Å². The van der Waals surface area contributed by atoms with Crippen LogP contribution in [0, 0.1) is 0 Å².